The highest BCUT2D eigenvalue weighted by atomic mass is 16.1. The molecule has 1 aromatic heterocycles. The Kier molecular flexibility index (Phi) is 6.82. The number of aryl methyl sites for hydroxylation is 6. The summed E-state index contributed by atoms with van der Waals surface area (Å²) in [6.07, 6.45) is 0. The Bertz CT molecular complexity index is 1960. The quantitative estimate of drug-likeness (QED) is 0.160. The number of carbonyl (C=O) groups is 2. The van der Waals surface area contributed by atoms with E-state index in [1.54, 1.807) is 0 Å². The molecule has 0 saturated heterocycles. The molecule has 1 heterocycles. The Labute approximate surface area is 246 Å². The van der Waals surface area contributed by atoms with Gasteiger partial charge in [-0.15, -0.1) is 0 Å². The molecule has 0 saturated carbocycles. The molecular weight excluding hydrogens is 514 g/mol. The number of nitrogens with zero attached hydrogens (tertiary/aromatic N) is 1. The second-order valence-electron chi connectivity index (χ2n) is 11.5. The first-order valence-corrected chi connectivity index (χ1v) is 14.3. The standard InChI is InChI=1S/C39H33NO2/c1-22-7-10-28(17-25(22)4)37-33-20-31(38(41)29-11-8-23(2)26(5)18-29)13-15-35(33)40-36-16-14-32(21-34(36)37)39(42)30-12-9-24(3)27(6)19-30/h7-21H,1-6H3. The maximum absolute atomic E-state index is 13.7. The van der Waals surface area contributed by atoms with Crippen LogP contribution in [0.5, 0.6) is 0 Å². The lowest BCUT2D eigenvalue weighted by Crippen LogP contribution is -2.04. The van der Waals surface area contributed by atoms with Gasteiger partial charge in [0.2, 0.25) is 0 Å². The highest BCUT2D eigenvalue weighted by Crippen LogP contribution is 2.37. The van der Waals surface area contributed by atoms with Crippen LogP contribution in [0.1, 0.15) is 65.2 Å². The topological polar surface area (TPSA) is 47.0 Å². The van der Waals surface area contributed by atoms with Crippen molar-refractivity contribution in [3.8, 4) is 11.1 Å². The molecule has 0 N–H and O–H groups in total. The number of ketones is 2. The minimum Gasteiger partial charge on any atom is -0.289 e. The number of aromatic nitrogens is 1. The van der Waals surface area contributed by atoms with E-state index >= 15 is 0 Å². The summed E-state index contributed by atoms with van der Waals surface area (Å²) in [5.74, 6) is -0.0467. The molecule has 0 spiro atoms. The van der Waals surface area contributed by atoms with Crippen LogP contribution in [-0.4, -0.2) is 16.6 Å². The van der Waals surface area contributed by atoms with Crippen LogP contribution < -0.4 is 0 Å². The summed E-state index contributed by atoms with van der Waals surface area (Å²) in [6.45, 7) is 12.3. The lowest BCUT2D eigenvalue weighted by Gasteiger charge is -2.15. The van der Waals surface area contributed by atoms with Crippen molar-refractivity contribution >= 4 is 33.4 Å². The second kappa shape index (κ2) is 10.5. The molecule has 0 unspecified atom stereocenters. The van der Waals surface area contributed by atoms with Crippen molar-refractivity contribution in [2.24, 2.45) is 0 Å². The molecule has 5 aromatic carbocycles. The third-order valence-corrected chi connectivity index (χ3v) is 8.63. The van der Waals surface area contributed by atoms with Gasteiger partial charge in [0.1, 0.15) is 0 Å². The number of carbonyl (C=O) groups excluding carboxylic acids is 2. The number of rotatable bonds is 5. The van der Waals surface area contributed by atoms with Gasteiger partial charge in [0, 0.05) is 38.6 Å². The summed E-state index contributed by atoms with van der Waals surface area (Å²) in [5, 5.41) is 1.77. The zero-order chi connectivity index (χ0) is 29.7. The summed E-state index contributed by atoms with van der Waals surface area (Å²) < 4.78 is 0. The van der Waals surface area contributed by atoms with Gasteiger partial charge < -0.3 is 0 Å². The van der Waals surface area contributed by atoms with Gasteiger partial charge in [0.15, 0.2) is 11.6 Å². The summed E-state index contributed by atoms with van der Waals surface area (Å²) in [7, 11) is 0. The zero-order valence-corrected chi connectivity index (χ0v) is 24.9. The predicted octanol–water partition coefficient (Wildman–Crippen LogP) is 9.37. The number of pyridine rings is 1. The first kappa shape index (κ1) is 27.3. The summed E-state index contributed by atoms with van der Waals surface area (Å²) in [5.41, 5.74) is 13.0. The molecule has 0 atom stereocenters. The van der Waals surface area contributed by atoms with Gasteiger partial charge in [0.25, 0.3) is 0 Å². The molecule has 206 valence electrons. The molecule has 0 radical (unpaired) electrons. The molecule has 6 rings (SSSR count). The molecule has 0 aliphatic heterocycles. The minimum absolute atomic E-state index is 0.0233. The number of fused-ring (bicyclic) bond motifs is 2. The average Bonchev–Trinajstić information content (AvgIpc) is 2.99. The average molecular weight is 548 g/mol. The minimum atomic E-state index is -0.0233. The van der Waals surface area contributed by atoms with Crippen molar-refractivity contribution in [1.82, 2.24) is 4.98 Å². The van der Waals surface area contributed by atoms with Crippen molar-refractivity contribution in [2.75, 3.05) is 0 Å². The van der Waals surface area contributed by atoms with E-state index in [1.807, 2.05) is 100 Å². The number of hydrogen-bond donors (Lipinski definition) is 0. The zero-order valence-electron chi connectivity index (χ0n) is 24.9. The Hall–Kier alpha value is -4.89. The highest BCUT2D eigenvalue weighted by molar-refractivity contribution is 6.17. The molecule has 3 heteroatoms. The van der Waals surface area contributed by atoms with Crippen LogP contribution in [0, 0.1) is 41.5 Å². The maximum atomic E-state index is 13.7. The molecule has 6 aromatic rings. The lowest BCUT2D eigenvalue weighted by molar-refractivity contribution is 0.103. The Balaban J connectivity index is 1.59. The third-order valence-electron chi connectivity index (χ3n) is 8.63. The van der Waals surface area contributed by atoms with Crippen LogP contribution in [-0.2, 0) is 0 Å². The molecule has 0 amide bonds. The fourth-order valence-electron chi connectivity index (χ4n) is 5.53. The van der Waals surface area contributed by atoms with E-state index in [1.165, 1.54) is 11.1 Å². The van der Waals surface area contributed by atoms with Crippen molar-refractivity contribution in [3.05, 3.63) is 147 Å². The van der Waals surface area contributed by atoms with Gasteiger partial charge in [-0.1, -0.05) is 42.5 Å². The van der Waals surface area contributed by atoms with E-state index in [9.17, 15) is 9.59 Å². The van der Waals surface area contributed by atoms with Gasteiger partial charge in [-0.3, -0.25) is 9.59 Å². The first-order chi connectivity index (χ1) is 20.1. The van der Waals surface area contributed by atoms with E-state index in [4.69, 9.17) is 4.98 Å². The first-order valence-electron chi connectivity index (χ1n) is 14.3. The van der Waals surface area contributed by atoms with E-state index in [-0.39, 0.29) is 11.6 Å². The van der Waals surface area contributed by atoms with Crippen molar-refractivity contribution in [2.45, 2.75) is 41.5 Å². The third kappa shape index (κ3) is 4.81. The van der Waals surface area contributed by atoms with Crippen LogP contribution in [0.15, 0.2) is 91.0 Å². The molecule has 0 aliphatic rings. The molecule has 42 heavy (non-hydrogen) atoms. The fraction of sp³-hybridized carbons (Fsp3) is 0.154. The van der Waals surface area contributed by atoms with Crippen LogP contribution >= 0.6 is 0 Å². The summed E-state index contributed by atoms with van der Waals surface area (Å²) >= 11 is 0. The van der Waals surface area contributed by atoms with Crippen LogP contribution in [0.2, 0.25) is 0 Å². The SMILES string of the molecule is Cc1ccc(C(=O)c2ccc3nc4ccc(C(=O)c5ccc(C)c(C)c5)cc4c(-c4ccc(C)c(C)c4)c3c2)cc1C. The van der Waals surface area contributed by atoms with Crippen molar-refractivity contribution in [3.63, 3.8) is 0 Å². The number of benzene rings is 5. The van der Waals surface area contributed by atoms with Crippen molar-refractivity contribution in [1.29, 1.82) is 0 Å². The molecule has 0 fully saturated rings. The van der Waals surface area contributed by atoms with Crippen LogP contribution in [0.3, 0.4) is 0 Å². The number of hydrogen-bond acceptors (Lipinski definition) is 3. The molecule has 3 nitrogen and oxygen atoms in total. The Morgan fingerprint density at radius 3 is 1.24 bits per heavy atom. The maximum Gasteiger partial charge on any atom is 0.193 e. The Morgan fingerprint density at radius 1 is 0.429 bits per heavy atom. The van der Waals surface area contributed by atoms with Gasteiger partial charge in [0.05, 0.1) is 11.0 Å². The van der Waals surface area contributed by atoms with E-state index < -0.39 is 0 Å². The second-order valence-corrected chi connectivity index (χ2v) is 11.5. The van der Waals surface area contributed by atoms with Gasteiger partial charge in [-0.05, 0) is 129 Å². The van der Waals surface area contributed by atoms with Crippen LogP contribution in [0.25, 0.3) is 32.9 Å². The van der Waals surface area contributed by atoms with Gasteiger partial charge in [-0.2, -0.15) is 0 Å². The Morgan fingerprint density at radius 2 is 0.810 bits per heavy atom. The highest BCUT2D eigenvalue weighted by Gasteiger charge is 2.18. The lowest BCUT2D eigenvalue weighted by atomic mass is 9.90. The molecular formula is C39H33NO2. The molecule has 0 aliphatic carbocycles. The van der Waals surface area contributed by atoms with Gasteiger partial charge >= 0.3 is 0 Å². The summed E-state index contributed by atoms with van der Waals surface area (Å²) in [4.78, 5) is 32.3. The monoisotopic (exact) mass is 547 g/mol. The smallest absolute Gasteiger partial charge is 0.193 e. The molecule has 0 bridgehead atoms. The largest absolute Gasteiger partial charge is 0.289 e. The van der Waals surface area contributed by atoms with E-state index in [0.29, 0.717) is 22.3 Å². The fourth-order valence-corrected chi connectivity index (χ4v) is 5.53. The van der Waals surface area contributed by atoms with E-state index in [2.05, 4.69) is 32.0 Å². The normalized spacial score (nSPS) is 11.3. The van der Waals surface area contributed by atoms with Crippen LogP contribution in [0.4, 0.5) is 0 Å². The predicted molar refractivity (Wildman–Crippen MR) is 173 cm³/mol. The van der Waals surface area contributed by atoms with E-state index in [0.717, 1.165) is 55.2 Å². The summed E-state index contributed by atoms with van der Waals surface area (Å²) in [6, 6.07) is 29.6. The van der Waals surface area contributed by atoms with Gasteiger partial charge in [-0.25, -0.2) is 4.98 Å². The van der Waals surface area contributed by atoms with Crippen molar-refractivity contribution < 1.29 is 9.59 Å².